The third-order valence-corrected chi connectivity index (χ3v) is 12.1. The van der Waals surface area contributed by atoms with Gasteiger partial charge in [0.05, 0.1) is 19.2 Å². The smallest absolute Gasteiger partial charge is 0.285 e. The van der Waals surface area contributed by atoms with Crippen molar-refractivity contribution in [3.05, 3.63) is 17.7 Å². The van der Waals surface area contributed by atoms with Crippen LogP contribution < -0.4 is 4.74 Å². The summed E-state index contributed by atoms with van der Waals surface area (Å²) in [5, 5.41) is 2.31. The zero-order chi connectivity index (χ0) is 26.2. The van der Waals surface area contributed by atoms with Crippen LogP contribution in [0.15, 0.2) is 22.1 Å². The van der Waals surface area contributed by atoms with Crippen LogP contribution in [-0.2, 0) is 15.2 Å². The number of thiophene rings is 3. The van der Waals surface area contributed by atoms with Crippen LogP contribution in [0.5, 0.6) is 5.75 Å². The van der Waals surface area contributed by atoms with E-state index in [4.69, 9.17) is 29.2 Å². The van der Waals surface area contributed by atoms with E-state index >= 15 is 0 Å². The van der Waals surface area contributed by atoms with Crippen LogP contribution >= 0.6 is 82.0 Å². The number of thiocarbonyl (C=S) groups is 2. The molecular formula is C23H18N4O3S7. The average Bonchev–Trinajstić information content (AvgIpc) is 3.61. The van der Waals surface area contributed by atoms with E-state index in [0.717, 1.165) is 40.5 Å². The number of amides is 2. The Hall–Kier alpha value is -1.68. The van der Waals surface area contributed by atoms with Gasteiger partial charge < -0.3 is 4.74 Å². The average molecular weight is 623 g/mol. The molecule has 0 aromatic carbocycles. The first-order valence-corrected chi connectivity index (χ1v) is 16.2. The summed E-state index contributed by atoms with van der Waals surface area (Å²) in [6.45, 7) is 8.94. The Balaban J connectivity index is 1.38. The lowest BCUT2D eigenvalue weighted by atomic mass is 9.95. The SMILES string of the molecule is CCN1C(=O)C(=Nc2cc3c(s2)-c2sc4cc(N=C5SC(=S)N(CC)C5=O)sc4c2OC3(C)C)SC1=S. The van der Waals surface area contributed by atoms with Crippen LogP contribution in [0.25, 0.3) is 19.2 Å². The number of thioether (sulfide) groups is 2. The normalized spacial score (nSPS) is 21.1. The van der Waals surface area contributed by atoms with E-state index in [1.54, 1.807) is 32.5 Å². The van der Waals surface area contributed by atoms with Gasteiger partial charge in [0.2, 0.25) is 0 Å². The molecule has 2 amide bonds. The first-order chi connectivity index (χ1) is 17.6. The predicted octanol–water partition coefficient (Wildman–Crippen LogP) is 7.14. The second-order valence-electron chi connectivity index (χ2n) is 8.65. The van der Waals surface area contributed by atoms with Crippen LogP contribution in [0.2, 0.25) is 0 Å². The molecule has 3 aromatic rings. The van der Waals surface area contributed by atoms with Gasteiger partial charge in [0.15, 0.2) is 15.8 Å². The van der Waals surface area contributed by atoms with E-state index < -0.39 is 5.60 Å². The Labute approximate surface area is 244 Å². The van der Waals surface area contributed by atoms with Gasteiger partial charge in [0, 0.05) is 18.7 Å². The minimum Gasteiger partial charge on any atom is -0.480 e. The molecule has 0 bridgehead atoms. The molecule has 3 aliphatic heterocycles. The zero-order valence-corrected chi connectivity index (χ0v) is 25.7. The number of carbonyl (C=O) groups excluding carboxylic acids is 2. The van der Waals surface area contributed by atoms with Crippen molar-refractivity contribution in [3.8, 4) is 15.5 Å². The van der Waals surface area contributed by atoms with Gasteiger partial charge in [-0.2, -0.15) is 0 Å². The fourth-order valence-electron chi connectivity index (χ4n) is 4.16. The highest BCUT2D eigenvalue weighted by Gasteiger charge is 2.39. The van der Waals surface area contributed by atoms with Crippen LogP contribution in [0, 0.1) is 0 Å². The number of fused-ring (bicyclic) bond motifs is 5. The third kappa shape index (κ3) is 4.12. The highest BCUT2D eigenvalue weighted by molar-refractivity contribution is 8.35. The minimum atomic E-state index is -0.579. The predicted molar refractivity (Wildman–Crippen MR) is 166 cm³/mol. The molecule has 0 aliphatic carbocycles. The first-order valence-electron chi connectivity index (χ1n) is 11.3. The summed E-state index contributed by atoms with van der Waals surface area (Å²) in [4.78, 5) is 39.8. The molecule has 3 aromatic heterocycles. The molecule has 6 heterocycles. The molecule has 37 heavy (non-hydrogen) atoms. The van der Waals surface area contributed by atoms with Gasteiger partial charge in [0.25, 0.3) is 11.8 Å². The third-order valence-electron chi connectivity index (χ3n) is 5.96. The number of hydrogen-bond donors (Lipinski definition) is 0. The summed E-state index contributed by atoms with van der Waals surface area (Å²) in [5.41, 5.74) is 0.467. The van der Waals surface area contributed by atoms with Gasteiger partial charge in [-0.3, -0.25) is 19.4 Å². The molecule has 7 nitrogen and oxygen atoms in total. The Bertz CT molecular complexity index is 1610. The van der Waals surface area contributed by atoms with Crippen molar-refractivity contribution in [2.24, 2.45) is 9.98 Å². The number of rotatable bonds is 4. The topological polar surface area (TPSA) is 74.6 Å². The van der Waals surface area contributed by atoms with E-state index in [2.05, 4.69) is 9.98 Å². The molecule has 0 atom stereocenters. The van der Waals surface area contributed by atoms with Crippen molar-refractivity contribution >= 4 is 132 Å². The molecule has 14 heteroatoms. The largest absolute Gasteiger partial charge is 0.480 e. The van der Waals surface area contributed by atoms with Crippen LogP contribution in [0.3, 0.4) is 0 Å². The molecule has 3 aliphatic rings. The van der Waals surface area contributed by atoms with Crippen molar-refractivity contribution in [1.29, 1.82) is 0 Å². The fraction of sp³-hybridized carbons (Fsp3) is 0.304. The molecule has 190 valence electrons. The van der Waals surface area contributed by atoms with Gasteiger partial charge in [-0.15, -0.1) is 34.0 Å². The molecule has 0 saturated carbocycles. The van der Waals surface area contributed by atoms with Gasteiger partial charge in [-0.05, 0) is 63.4 Å². The first kappa shape index (κ1) is 25.6. The number of ether oxygens (including phenoxy) is 1. The zero-order valence-electron chi connectivity index (χ0n) is 19.9. The summed E-state index contributed by atoms with van der Waals surface area (Å²) in [6, 6.07) is 4.01. The Morgan fingerprint density at radius 2 is 1.43 bits per heavy atom. The minimum absolute atomic E-state index is 0.146. The van der Waals surface area contributed by atoms with Crippen LogP contribution in [-0.4, -0.2) is 53.4 Å². The molecule has 0 unspecified atom stereocenters. The number of hydrogen-bond acceptors (Lipinski definition) is 12. The molecule has 2 fully saturated rings. The quantitative estimate of drug-likeness (QED) is 0.286. The summed E-state index contributed by atoms with van der Waals surface area (Å²) in [5.74, 6) is 0.538. The van der Waals surface area contributed by atoms with Crippen molar-refractivity contribution in [2.45, 2.75) is 33.3 Å². The van der Waals surface area contributed by atoms with Crippen LogP contribution in [0.4, 0.5) is 10.0 Å². The summed E-state index contributed by atoms with van der Waals surface area (Å²) >= 11 is 17.8. The second-order valence-corrected chi connectivity index (χ2v) is 15.0. The summed E-state index contributed by atoms with van der Waals surface area (Å²) in [7, 11) is 0. The van der Waals surface area contributed by atoms with Crippen molar-refractivity contribution in [2.75, 3.05) is 13.1 Å². The van der Waals surface area contributed by atoms with Crippen molar-refractivity contribution in [1.82, 2.24) is 9.80 Å². The fourth-order valence-corrected chi connectivity index (χ4v) is 10.5. The molecule has 0 spiro atoms. The standard InChI is InChI=1S/C23H18N4O3S7/c1-5-26-19(28)17(36-21(26)31)24-11-7-9-14(34-11)16-13(30-23(9,3)4)15-10(33-16)8-12(35-15)25-18-20(29)27(6-2)22(32)37-18/h7-8H,5-6H2,1-4H3. The Morgan fingerprint density at radius 3 is 1.97 bits per heavy atom. The number of aliphatic imine (C=N–C) groups is 2. The van der Waals surface area contributed by atoms with Crippen molar-refractivity contribution < 1.29 is 14.3 Å². The maximum Gasteiger partial charge on any atom is 0.285 e. The summed E-state index contributed by atoms with van der Waals surface area (Å²) < 4.78 is 9.68. The molecule has 0 N–H and O–H groups in total. The summed E-state index contributed by atoms with van der Waals surface area (Å²) in [6.07, 6.45) is 0. The number of nitrogens with zero attached hydrogens (tertiary/aromatic N) is 4. The van der Waals surface area contributed by atoms with E-state index in [0.29, 0.717) is 31.8 Å². The second kappa shape index (κ2) is 9.21. The molecule has 2 saturated heterocycles. The van der Waals surface area contributed by atoms with Gasteiger partial charge in [-0.25, -0.2) is 9.98 Å². The van der Waals surface area contributed by atoms with E-state index in [9.17, 15) is 9.59 Å². The van der Waals surface area contributed by atoms with Gasteiger partial charge >= 0.3 is 0 Å². The monoisotopic (exact) mass is 622 g/mol. The van der Waals surface area contributed by atoms with Crippen LogP contribution in [0.1, 0.15) is 33.3 Å². The lowest BCUT2D eigenvalue weighted by molar-refractivity contribution is -0.120. The maximum atomic E-state index is 12.7. The molecular weight excluding hydrogens is 605 g/mol. The van der Waals surface area contributed by atoms with E-state index in [1.807, 2.05) is 39.8 Å². The van der Waals surface area contributed by atoms with E-state index in [-0.39, 0.29) is 11.8 Å². The Kier molecular flexibility index (Phi) is 6.37. The lowest BCUT2D eigenvalue weighted by Crippen LogP contribution is -2.29. The molecule has 0 radical (unpaired) electrons. The van der Waals surface area contributed by atoms with Gasteiger partial charge in [-0.1, -0.05) is 24.4 Å². The van der Waals surface area contributed by atoms with E-state index in [1.165, 1.54) is 34.9 Å². The Morgan fingerprint density at radius 1 is 0.865 bits per heavy atom. The highest BCUT2D eigenvalue weighted by atomic mass is 32.2. The molecule has 6 rings (SSSR count). The number of carbonyl (C=O) groups is 2. The van der Waals surface area contributed by atoms with Crippen molar-refractivity contribution in [3.63, 3.8) is 0 Å². The van der Waals surface area contributed by atoms with Gasteiger partial charge in [0.1, 0.15) is 24.2 Å². The maximum absolute atomic E-state index is 12.7. The lowest BCUT2D eigenvalue weighted by Gasteiger charge is -2.31. The highest BCUT2D eigenvalue weighted by Crippen LogP contribution is 2.59.